The van der Waals surface area contributed by atoms with Crippen LogP contribution in [0, 0.1) is 0 Å². The van der Waals surface area contributed by atoms with Crippen molar-refractivity contribution in [1.82, 2.24) is 20.1 Å². The third kappa shape index (κ3) is 8.87. The van der Waals surface area contributed by atoms with Gasteiger partial charge in [-0.15, -0.1) is 0 Å². The number of nitrogens with one attached hydrogen (secondary N) is 2. The number of amides is 3. The number of nitrogens with zero attached hydrogens (tertiary/aromatic N) is 5. The molecule has 1 saturated heterocycles. The molecule has 2 atom stereocenters. The van der Waals surface area contributed by atoms with Crippen molar-refractivity contribution in [3.05, 3.63) is 15.8 Å². The Labute approximate surface area is 253 Å². The molecule has 0 bridgehead atoms. The fraction of sp³-hybridized carbons (Fsp3) is 0.654. The molecule has 41 heavy (non-hydrogen) atoms. The molecule has 0 aliphatic carbocycles. The van der Waals surface area contributed by atoms with E-state index in [2.05, 4.69) is 41.5 Å². The number of hydrogen-bond acceptors (Lipinski definition) is 10. The van der Waals surface area contributed by atoms with E-state index in [0.29, 0.717) is 47.8 Å². The predicted octanol–water partition coefficient (Wildman–Crippen LogP) is 4.48. The smallest absolute Gasteiger partial charge is 0.407 e. The summed E-state index contributed by atoms with van der Waals surface area (Å²) < 4.78 is 13.5. The molecule has 1 aliphatic rings. The lowest BCUT2D eigenvalue weighted by atomic mass is 9.96. The number of ether oxygens (including phenoxy) is 2. The molecule has 2 unspecified atom stereocenters. The summed E-state index contributed by atoms with van der Waals surface area (Å²) in [5, 5.41) is 11.5. The summed E-state index contributed by atoms with van der Waals surface area (Å²) >= 11 is 4.41. The van der Waals surface area contributed by atoms with E-state index in [1.807, 2.05) is 27.7 Å². The Bertz CT molecular complexity index is 1250. The fourth-order valence-electron chi connectivity index (χ4n) is 4.47. The molecule has 3 heterocycles. The van der Waals surface area contributed by atoms with E-state index in [0.717, 1.165) is 16.4 Å². The Morgan fingerprint density at radius 1 is 1.24 bits per heavy atom. The number of rotatable bonds is 8. The van der Waals surface area contributed by atoms with Gasteiger partial charge in [0.1, 0.15) is 11.3 Å². The molecule has 2 N–H and O–H groups in total. The molecule has 3 amide bonds. The zero-order chi connectivity index (χ0) is 30.8. The molecule has 15 heteroatoms. The molecule has 0 radical (unpaired) electrons. The van der Waals surface area contributed by atoms with Crippen molar-refractivity contribution >= 4 is 62.2 Å². The van der Waals surface area contributed by atoms with Gasteiger partial charge in [0.05, 0.1) is 17.4 Å². The Morgan fingerprint density at radius 3 is 2.51 bits per heavy atom. The minimum atomic E-state index is -0.682. The number of hydrogen-bond donors (Lipinski definition) is 2. The van der Waals surface area contributed by atoms with E-state index in [1.165, 1.54) is 0 Å². The first kappa shape index (κ1) is 32.8. The molecule has 2 aromatic heterocycles. The number of hydroxylamine groups is 1. The van der Waals surface area contributed by atoms with Crippen LogP contribution in [0.1, 0.15) is 71.8 Å². The van der Waals surface area contributed by atoms with Gasteiger partial charge < -0.3 is 25.0 Å². The van der Waals surface area contributed by atoms with Gasteiger partial charge >= 0.3 is 6.09 Å². The van der Waals surface area contributed by atoms with Crippen LogP contribution in [0.2, 0.25) is 0 Å². The Morgan fingerprint density at radius 2 is 1.93 bits per heavy atom. The SMILES string of the molecule is COC1(C)CC(NC(=O)OC(C)(C)C)CCN(c2c(NC(=O)c3nc(Br)sc3N(C=O)OC(C)(C)C)cnn2C)C1. The third-order valence-electron chi connectivity index (χ3n) is 6.09. The summed E-state index contributed by atoms with van der Waals surface area (Å²) in [6.45, 7) is 13.8. The summed E-state index contributed by atoms with van der Waals surface area (Å²) in [7, 11) is 3.42. The van der Waals surface area contributed by atoms with Crippen LogP contribution < -0.4 is 20.6 Å². The molecule has 3 rings (SSSR count). The van der Waals surface area contributed by atoms with E-state index in [-0.39, 0.29) is 16.7 Å². The Balaban J connectivity index is 1.85. The van der Waals surface area contributed by atoms with E-state index in [9.17, 15) is 14.4 Å². The highest BCUT2D eigenvalue weighted by molar-refractivity contribution is 9.11. The normalized spacial score (nSPS) is 19.9. The number of aryl methyl sites for hydroxylation is 1. The van der Waals surface area contributed by atoms with Crippen molar-refractivity contribution < 1.29 is 28.7 Å². The number of anilines is 3. The second-order valence-electron chi connectivity index (χ2n) is 12.1. The van der Waals surface area contributed by atoms with Gasteiger partial charge in [-0.3, -0.25) is 19.1 Å². The van der Waals surface area contributed by atoms with Crippen LogP contribution in [0.3, 0.4) is 0 Å². The van der Waals surface area contributed by atoms with Crippen molar-refractivity contribution in [2.45, 2.75) is 84.2 Å². The standard InChI is InChI=1S/C26H40BrN7O6S/c1-24(2,3)39-23(37)29-16-10-11-33(14-26(7,12-16)38-9)20-17(13-28-32(20)8)30-19(36)18-21(41-22(27)31-18)34(15-35)40-25(4,5)6/h13,15-16H,10-12,14H2,1-9H3,(H,29,37)(H,30,36). The number of thiazole rings is 1. The maximum absolute atomic E-state index is 13.5. The molecular formula is C26H40BrN7O6S. The molecule has 228 valence electrons. The lowest BCUT2D eigenvalue weighted by molar-refractivity contribution is -0.120. The highest BCUT2D eigenvalue weighted by Gasteiger charge is 2.37. The van der Waals surface area contributed by atoms with Crippen LogP contribution in [0.15, 0.2) is 10.1 Å². The molecule has 0 saturated carbocycles. The summed E-state index contributed by atoms with van der Waals surface area (Å²) in [6.07, 6.45) is 2.75. The van der Waals surface area contributed by atoms with Gasteiger partial charge in [0, 0.05) is 33.3 Å². The second-order valence-corrected chi connectivity index (χ2v) is 14.4. The topological polar surface area (TPSA) is 140 Å². The van der Waals surface area contributed by atoms with Gasteiger partial charge in [-0.25, -0.2) is 9.78 Å². The van der Waals surface area contributed by atoms with Crippen molar-refractivity contribution in [2.24, 2.45) is 7.05 Å². The lowest BCUT2D eigenvalue weighted by Gasteiger charge is -2.34. The largest absolute Gasteiger partial charge is 0.444 e. The minimum Gasteiger partial charge on any atom is -0.444 e. The summed E-state index contributed by atoms with van der Waals surface area (Å²) in [5.41, 5.74) is -1.44. The number of alkyl carbamates (subject to hydrolysis) is 1. The average molecular weight is 659 g/mol. The Hall–Kier alpha value is -2.75. The van der Waals surface area contributed by atoms with E-state index in [4.69, 9.17) is 14.3 Å². The van der Waals surface area contributed by atoms with Gasteiger partial charge in [-0.2, -0.15) is 10.2 Å². The van der Waals surface area contributed by atoms with Crippen LogP contribution in [0.5, 0.6) is 0 Å². The number of halogens is 1. The molecule has 0 spiro atoms. The van der Waals surface area contributed by atoms with Crippen LogP contribution in [0.4, 0.5) is 21.3 Å². The summed E-state index contributed by atoms with van der Waals surface area (Å²) in [6, 6.07) is -0.196. The average Bonchev–Trinajstić information content (AvgIpc) is 3.35. The van der Waals surface area contributed by atoms with Gasteiger partial charge in [-0.05, 0) is 77.2 Å². The highest BCUT2D eigenvalue weighted by atomic mass is 79.9. The summed E-state index contributed by atoms with van der Waals surface area (Å²) in [5.74, 6) is 0.128. The first-order valence-electron chi connectivity index (χ1n) is 13.2. The molecule has 0 aromatic carbocycles. The molecule has 1 fully saturated rings. The maximum Gasteiger partial charge on any atom is 0.407 e. The zero-order valence-corrected chi connectivity index (χ0v) is 27.4. The van der Waals surface area contributed by atoms with Crippen LogP contribution in [-0.2, 0) is 26.2 Å². The van der Waals surface area contributed by atoms with Crippen LogP contribution >= 0.6 is 27.3 Å². The first-order chi connectivity index (χ1) is 18.9. The fourth-order valence-corrected chi connectivity index (χ4v) is 5.81. The Kier molecular flexibility index (Phi) is 10.1. The predicted molar refractivity (Wildman–Crippen MR) is 160 cm³/mol. The number of aromatic nitrogens is 3. The van der Waals surface area contributed by atoms with Gasteiger partial charge in [-0.1, -0.05) is 11.3 Å². The van der Waals surface area contributed by atoms with Crippen molar-refractivity contribution in [1.29, 1.82) is 0 Å². The van der Waals surface area contributed by atoms with Crippen molar-refractivity contribution in [3.8, 4) is 0 Å². The highest BCUT2D eigenvalue weighted by Crippen LogP contribution is 2.35. The number of carbonyl (C=O) groups is 3. The number of methoxy groups -OCH3 is 1. The first-order valence-corrected chi connectivity index (χ1v) is 14.8. The van der Waals surface area contributed by atoms with E-state index >= 15 is 0 Å². The van der Waals surface area contributed by atoms with Crippen LogP contribution in [0.25, 0.3) is 0 Å². The van der Waals surface area contributed by atoms with Gasteiger partial charge in [0.25, 0.3) is 5.91 Å². The van der Waals surface area contributed by atoms with Crippen LogP contribution in [-0.4, -0.2) is 76.2 Å². The minimum absolute atomic E-state index is 0.0206. The molecule has 1 aliphatic heterocycles. The van der Waals surface area contributed by atoms with Gasteiger partial charge in [0.2, 0.25) is 6.41 Å². The monoisotopic (exact) mass is 657 g/mol. The quantitative estimate of drug-likeness (QED) is 0.310. The van der Waals surface area contributed by atoms with E-state index < -0.39 is 28.8 Å². The molecular weight excluding hydrogens is 618 g/mol. The zero-order valence-electron chi connectivity index (χ0n) is 25.0. The van der Waals surface area contributed by atoms with Crippen molar-refractivity contribution in [2.75, 3.05) is 35.5 Å². The van der Waals surface area contributed by atoms with Crippen molar-refractivity contribution in [3.63, 3.8) is 0 Å². The maximum atomic E-state index is 13.5. The third-order valence-corrected chi connectivity index (χ3v) is 7.58. The number of carbonyl (C=O) groups excluding carboxylic acids is 3. The molecule has 2 aromatic rings. The lowest BCUT2D eigenvalue weighted by Crippen LogP contribution is -2.45. The second kappa shape index (κ2) is 12.6. The van der Waals surface area contributed by atoms with E-state index in [1.54, 1.807) is 45.8 Å². The molecule has 13 nitrogen and oxygen atoms in total. The summed E-state index contributed by atoms with van der Waals surface area (Å²) in [4.78, 5) is 49.9. The van der Waals surface area contributed by atoms with Gasteiger partial charge in [0.15, 0.2) is 20.4 Å².